The van der Waals surface area contributed by atoms with E-state index in [9.17, 15) is 21.6 Å². The molecule has 2 heterocycles. The number of amides is 1. The highest BCUT2D eigenvalue weighted by Gasteiger charge is 2.27. The number of sulfonamides is 2. The first-order chi connectivity index (χ1) is 16.2. The zero-order valence-electron chi connectivity index (χ0n) is 18.8. The van der Waals surface area contributed by atoms with Crippen molar-refractivity contribution < 1.29 is 31.1 Å². The number of carbonyl (C=O) groups is 1. The molecule has 0 saturated carbocycles. The second-order valence-corrected chi connectivity index (χ2v) is 11.6. The fourth-order valence-corrected chi connectivity index (χ4v) is 6.45. The number of likely N-dealkylation sites (tertiary alicyclic amines) is 1. The Balaban J connectivity index is 1.55. The van der Waals surface area contributed by atoms with Crippen LogP contribution in [-0.4, -0.2) is 78.5 Å². The molecule has 0 atom stereocenters. The van der Waals surface area contributed by atoms with Crippen molar-refractivity contribution in [2.45, 2.75) is 22.6 Å². The molecule has 0 spiro atoms. The Labute approximate surface area is 199 Å². The summed E-state index contributed by atoms with van der Waals surface area (Å²) < 4.78 is 65.8. The first-order valence-corrected chi connectivity index (χ1v) is 13.8. The minimum absolute atomic E-state index is 0.0697. The third-order valence-electron chi connectivity index (χ3n) is 5.82. The van der Waals surface area contributed by atoms with Crippen LogP contribution in [0.5, 0.6) is 5.75 Å². The number of anilines is 1. The maximum absolute atomic E-state index is 13.0. The van der Waals surface area contributed by atoms with Gasteiger partial charge in [0.25, 0.3) is 15.9 Å². The third kappa shape index (κ3) is 5.04. The van der Waals surface area contributed by atoms with Crippen molar-refractivity contribution >= 4 is 31.6 Å². The zero-order valence-corrected chi connectivity index (χ0v) is 20.4. The van der Waals surface area contributed by atoms with Gasteiger partial charge in [0.05, 0.1) is 35.7 Å². The van der Waals surface area contributed by atoms with Crippen LogP contribution in [0.4, 0.5) is 5.69 Å². The quantitative estimate of drug-likeness (QED) is 0.603. The maximum atomic E-state index is 13.0. The van der Waals surface area contributed by atoms with E-state index >= 15 is 0 Å². The minimum atomic E-state index is -4.04. The van der Waals surface area contributed by atoms with Crippen LogP contribution in [0, 0.1) is 0 Å². The highest BCUT2D eigenvalue weighted by Crippen LogP contribution is 2.27. The summed E-state index contributed by atoms with van der Waals surface area (Å²) in [6.45, 7) is 2.45. The lowest BCUT2D eigenvalue weighted by atomic mass is 10.1. The van der Waals surface area contributed by atoms with E-state index in [0.717, 1.165) is 12.8 Å². The summed E-state index contributed by atoms with van der Waals surface area (Å²) in [5, 5.41) is 0. The van der Waals surface area contributed by atoms with Crippen LogP contribution >= 0.6 is 0 Å². The molecule has 0 aliphatic carbocycles. The number of ether oxygens (including phenoxy) is 2. The summed E-state index contributed by atoms with van der Waals surface area (Å²) in [5.41, 5.74) is 0.378. The largest absolute Gasteiger partial charge is 0.496 e. The number of benzene rings is 2. The summed E-state index contributed by atoms with van der Waals surface area (Å²) in [7, 11) is -6.30. The Morgan fingerprint density at radius 3 is 2.15 bits per heavy atom. The minimum Gasteiger partial charge on any atom is -0.496 e. The maximum Gasteiger partial charge on any atom is 0.261 e. The van der Waals surface area contributed by atoms with Gasteiger partial charge in [0.2, 0.25) is 10.0 Å². The molecule has 10 nitrogen and oxygen atoms in total. The van der Waals surface area contributed by atoms with Crippen molar-refractivity contribution in [2.24, 2.45) is 0 Å². The molecule has 0 unspecified atom stereocenters. The fraction of sp³-hybridized carbons (Fsp3) is 0.409. The van der Waals surface area contributed by atoms with Gasteiger partial charge in [0.15, 0.2) is 0 Å². The lowest BCUT2D eigenvalue weighted by Crippen LogP contribution is -2.40. The van der Waals surface area contributed by atoms with Gasteiger partial charge in [-0.05, 0) is 55.3 Å². The zero-order chi connectivity index (χ0) is 24.3. The first-order valence-electron chi connectivity index (χ1n) is 10.9. The van der Waals surface area contributed by atoms with Crippen LogP contribution in [0.3, 0.4) is 0 Å². The van der Waals surface area contributed by atoms with Crippen LogP contribution in [0.1, 0.15) is 23.2 Å². The molecule has 184 valence electrons. The lowest BCUT2D eigenvalue weighted by molar-refractivity contribution is 0.0730. The van der Waals surface area contributed by atoms with Crippen LogP contribution in [0.2, 0.25) is 0 Å². The Bertz CT molecular complexity index is 1250. The second kappa shape index (κ2) is 9.90. The topological polar surface area (TPSA) is 122 Å². The summed E-state index contributed by atoms with van der Waals surface area (Å²) >= 11 is 0. The number of methoxy groups -OCH3 is 1. The van der Waals surface area contributed by atoms with E-state index in [-0.39, 0.29) is 40.0 Å². The predicted octanol–water partition coefficient (Wildman–Crippen LogP) is 1.75. The monoisotopic (exact) mass is 509 g/mol. The Morgan fingerprint density at radius 1 is 0.912 bits per heavy atom. The van der Waals surface area contributed by atoms with Crippen molar-refractivity contribution in [1.29, 1.82) is 0 Å². The normalized spacial score (nSPS) is 17.5. The summed E-state index contributed by atoms with van der Waals surface area (Å²) in [6, 6.07) is 9.63. The molecule has 1 amide bonds. The number of nitrogens with zero attached hydrogens (tertiary/aromatic N) is 2. The third-order valence-corrected chi connectivity index (χ3v) is 9.11. The first kappa shape index (κ1) is 24.5. The smallest absolute Gasteiger partial charge is 0.261 e. The van der Waals surface area contributed by atoms with Crippen LogP contribution < -0.4 is 9.46 Å². The van der Waals surface area contributed by atoms with Crippen molar-refractivity contribution in [1.82, 2.24) is 9.21 Å². The molecular weight excluding hydrogens is 482 g/mol. The highest BCUT2D eigenvalue weighted by molar-refractivity contribution is 7.92. The van der Waals surface area contributed by atoms with Crippen LogP contribution in [0.25, 0.3) is 0 Å². The number of nitrogens with one attached hydrogen (secondary N) is 1. The van der Waals surface area contributed by atoms with Gasteiger partial charge in [0, 0.05) is 31.9 Å². The number of hydrogen-bond acceptors (Lipinski definition) is 7. The molecule has 0 bridgehead atoms. The van der Waals surface area contributed by atoms with E-state index in [1.54, 1.807) is 4.90 Å². The molecule has 2 aromatic rings. The Hall–Kier alpha value is -2.67. The molecule has 2 aliphatic heterocycles. The number of rotatable bonds is 7. The number of morpholine rings is 1. The number of carbonyl (C=O) groups excluding carboxylic acids is 1. The summed E-state index contributed by atoms with van der Waals surface area (Å²) in [6.07, 6.45) is 1.82. The predicted molar refractivity (Wildman–Crippen MR) is 125 cm³/mol. The van der Waals surface area contributed by atoms with E-state index in [4.69, 9.17) is 9.47 Å². The molecule has 0 aromatic heterocycles. The van der Waals surface area contributed by atoms with E-state index in [1.807, 2.05) is 0 Å². The average molecular weight is 510 g/mol. The summed E-state index contributed by atoms with van der Waals surface area (Å²) in [4.78, 5) is 14.5. The van der Waals surface area contributed by atoms with Gasteiger partial charge in [0.1, 0.15) is 5.75 Å². The molecule has 2 fully saturated rings. The van der Waals surface area contributed by atoms with E-state index in [2.05, 4.69) is 4.72 Å². The molecule has 1 N–H and O–H groups in total. The van der Waals surface area contributed by atoms with Gasteiger partial charge in [-0.25, -0.2) is 16.8 Å². The molecular formula is C22H27N3O7S2. The van der Waals surface area contributed by atoms with Crippen molar-refractivity contribution in [3.05, 3.63) is 48.0 Å². The van der Waals surface area contributed by atoms with Gasteiger partial charge in [-0.1, -0.05) is 0 Å². The molecule has 2 saturated heterocycles. The highest BCUT2D eigenvalue weighted by atomic mass is 32.2. The van der Waals surface area contributed by atoms with Crippen molar-refractivity contribution in [2.75, 3.05) is 51.2 Å². The van der Waals surface area contributed by atoms with Crippen LogP contribution in [0.15, 0.2) is 52.3 Å². The van der Waals surface area contributed by atoms with Gasteiger partial charge < -0.3 is 14.4 Å². The van der Waals surface area contributed by atoms with Crippen LogP contribution in [-0.2, 0) is 24.8 Å². The fourth-order valence-electron chi connectivity index (χ4n) is 3.96. The standard InChI is InChI=1S/C22H27N3O7S2/c1-31-21-9-8-19(16-20(21)22(26)24-10-2-3-11-24)33(27,28)23-17-4-6-18(7-5-17)34(29,30)25-12-14-32-15-13-25/h4-9,16,23H,2-3,10-15H2,1H3. The molecule has 0 radical (unpaired) electrons. The number of hydrogen-bond donors (Lipinski definition) is 1. The average Bonchev–Trinajstić information content (AvgIpc) is 3.39. The van der Waals surface area contributed by atoms with Gasteiger partial charge >= 0.3 is 0 Å². The van der Waals surface area contributed by atoms with Gasteiger partial charge in [-0.15, -0.1) is 0 Å². The summed E-state index contributed by atoms with van der Waals surface area (Å²) in [5.74, 6) is 0.0256. The van der Waals surface area contributed by atoms with Crippen molar-refractivity contribution in [3.63, 3.8) is 0 Å². The molecule has 34 heavy (non-hydrogen) atoms. The van der Waals surface area contributed by atoms with Gasteiger partial charge in [-0.2, -0.15) is 4.31 Å². The lowest BCUT2D eigenvalue weighted by Gasteiger charge is -2.26. The SMILES string of the molecule is COc1ccc(S(=O)(=O)Nc2ccc(S(=O)(=O)N3CCOCC3)cc2)cc1C(=O)N1CCCC1. The van der Waals surface area contributed by atoms with Crippen molar-refractivity contribution in [3.8, 4) is 5.75 Å². The molecule has 4 rings (SSSR count). The Kier molecular flexibility index (Phi) is 7.12. The van der Waals surface area contributed by atoms with E-state index in [0.29, 0.717) is 32.1 Å². The second-order valence-electron chi connectivity index (χ2n) is 8.01. The Morgan fingerprint density at radius 2 is 1.53 bits per heavy atom. The van der Waals surface area contributed by atoms with Gasteiger partial charge in [-0.3, -0.25) is 9.52 Å². The van der Waals surface area contributed by atoms with E-state index < -0.39 is 20.0 Å². The molecule has 2 aromatic carbocycles. The molecule has 2 aliphatic rings. The van der Waals surface area contributed by atoms with E-state index in [1.165, 1.54) is 53.9 Å². The molecule has 12 heteroatoms.